The predicted molar refractivity (Wildman–Crippen MR) is 102 cm³/mol. The number of piperazine rings is 1. The van der Waals surface area contributed by atoms with Gasteiger partial charge in [0.05, 0.1) is 23.1 Å². The van der Waals surface area contributed by atoms with Crippen molar-refractivity contribution in [1.29, 1.82) is 0 Å². The summed E-state index contributed by atoms with van der Waals surface area (Å²) in [5, 5.41) is 3.98. The molecule has 0 aliphatic carbocycles. The Morgan fingerprint density at radius 1 is 1.21 bits per heavy atom. The Morgan fingerprint density at radius 2 is 1.93 bits per heavy atom. The number of rotatable bonds is 4. The largest absolute Gasteiger partial charge is 0.416 e. The van der Waals surface area contributed by atoms with Gasteiger partial charge in [-0.2, -0.15) is 23.0 Å². The summed E-state index contributed by atoms with van der Waals surface area (Å²) in [6.07, 6.45) is 2.87. The molecule has 9 heteroatoms. The second-order valence-corrected chi connectivity index (χ2v) is 6.77. The number of anilines is 1. The van der Waals surface area contributed by atoms with Gasteiger partial charge in [-0.1, -0.05) is 17.7 Å². The molecular weight excluding hydrogens is 393 g/mol. The van der Waals surface area contributed by atoms with Crippen LogP contribution < -0.4 is 10.5 Å². The van der Waals surface area contributed by atoms with E-state index < -0.39 is 17.3 Å². The molecule has 1 saturated heterocycles. The van der Waals surface area contributed by atoms with E-state index in [-0.39, 0.29) is 10.7 Å². The lowest BCUT2D eigenvalue weighted by molar-refractivity contribution is -0.137. The summed E-state index contributed by atoms with van der Waals surface area (Å²) in [4.78, 5) is 16.8. The van der Waals surface area contributed by atoms with Gasteiger partial charge in [-0.05, 0) is 18.2 Å². The van der Waals surface area contributed by atoms with E-state index in [1.54, 1.807) is 0 Å². The molecule has 5 nitrogen and oxygen atoms in total. The Labute approximate surface area is 165 Å². The number of hydrogen-bond acceptors (Lipinski definition) is 4. The third-order valence-electron chi connectivity index (χ3n) is 4.60. The third-order valence-corrected chi connectivity index (χ3v) is 4.96. The standard InChI is InChI=1S/C19H18ClF3N4O/c1-2-3-7-25-8-10-26(11-9-25)16-13-24-27(18(28)17(16)20)15-6-4-5-14(12-15)19(21,22)23/h1,4-6,12-13H,3,7-11H2. The average Bonchev–Trinajstić information content (AvgIpc) is 2.68. The minimum absolute atomic E-state index is 0.00683. The van der Waals surface area contributed by atoms with Crippen LogP contribution in [0, 0.1) is 12.3 Å². The SMILES string of the molecule is C#CCCN1CCN(c2cnn(-c3cccc(C(F)(F)F)c3)c(=O)c2Cl)CC1. The van der Waals surface area contributed by atoms with Crippen molar-refractivity contribution in [3.05, 3.63) is 51.4 Å². The number of terminal acetylenes is 1. The highest BCUT2D eigenvalue weighted by Gasteiger charge is 2.31. The molecule has 1 aliphatic rings. The van der Waals surface area contributed by atoms with Gasteiger partial charge in [0.15, 0.2) is 0 Å². The van der Waals surface area contributed by atoms with E-state index in [9.17, 15) is 18.0 Å². The number of alkyl halides is 3. The summed E-state index contributed by atoms with van der Waals surface area (Å²) in [5.41, 5.74) is -1.03. The van der Waals surface area contributed by atoms with Gasteiger partial charge in [-0.3, -0.25) is 9.69 Å². The Hall–Kier alpha value is -2.50. The van der Waals surface area contributed by atoms with Crippen molar-refractivity contribution in [1.82, 2.24) is 14.7 Å². The summed E-state index contributed by atoms with van der Waals surface area (Å²) < 4.78 is 39.7. The van der Waals surface area contributed by atoms with Crippen LogP contribution in [-0.2, 0) is 6.18 Å². The zero-order valence-electron chi connectivity index (χ0n) is 14.9. The van der Waals surface area contributed by atoms with E-state index in [4.69, 9.17) is 18.0 Å². The molecule has 0 N–H and O–H groups in total. The normalized spacial score (nSPS) is 15.5. The van der Waals surface area contributed by atoms with Gasteiger partial charge >= 0.3 is 6.18 Å². The van der Waals surface area contributed by atoms with Crippen LogP contribution in [0.4, 0.5) is 18.9 Å². The molecule has 0 saturated carbocycles. The fourth-order valence-electron chi connectivity index (χ4n) is 3.08. The smallest absolute Gasteiger partial charge is 0.366 e. The molecule has 148 valence electrons. The minimum Gasteiger partial charge on any atom is -0.366 e. The van der Waals surface area contributed by atoms with Crippen molar-refractivity contribution in [3.8, 4) is 18.0 Å². The minimum atomic E-state index is -4.51. The molecule has 0 bridgehead atoms. The number of halogens is 4. The highest BCUT2D eigenvalue weighted by Crippen LogP contribution is 2.30. The number of aromatic nitrogens is 2. The van der Waals surface area contributed by atoms with Crippen molar-refractivity contribution < 1.29 is 13.2 Å². The molecule has 0 unspecified atom stereocenters. The van der Waals surface area contributed by atoms with Crippen LogP contribution in [0.3, 0.4) is 0 Å². The first-order valence-corrected chi connectivity index (χ1v) is 9.05. The lowest BCUT2D eigenvalue weighted by Crippen LogP contribution is -2.47. The molecule has 0 spiro atoms. The second-order valence-electron chi connectivity index (χ2n) is 6.39. The van der Waals surface area contributed by atoms with Crippen LogP contribution in [0.1, 0.15) is 12.0 Å². The fraction of sp³-hybridized carbons (Fsp3) is 0.368. The highest BCUT2D eigenvalue weighted by molar-refractivity contribution is 6.33. The molecule has 3 rings (SSSR count). The van der Waals surface area contributed by atoms with E-state index in [2.05, 4.69) is 15.9 Å². The van der Waals surface area contributed by atoms with Crippen LogP contribution >= 0.6 is 11.6 Å². The van der Waals surface area contributed by atoms with Gasteiger partial charge in [0.25, 0.3) is 5.56 Å². The summed E-state index contributed by atoms with van der Waals surface area (Å²) >= 11 is 6.25. The van der Waals surface area contributed by atoms with Gasteiger partial charge < -0.3 is 4.90 Å². The van der Waals surface area contributed by atoms with E-state index in [0.717, 1.165) is 36.4 Å². The maximum Gasteiger partial charge on any atom is 0.416 e. The van der Waals surface area contributed by atoms with Crippen molar-refractivity contribution in [3.63, 3.8) is 0 Å². The van der Waals surface area contributed by atoms with Gasteiger partial charge in [0, 0.05) is 39.1 Å². The van der Waals surface area contributed by atoms with Crippen LogP contribution in [0.2, 0.25) is 5.02 Å². The van der Waals surface area contributed by atoms with E-state index in [0.29, 0.717) is 25.2 Å². The van der Waals surface area contributed by atoms with Crippen LogP contribution in [0.5, 0.6) is 0 Å². The Morgan fingerprint density at radius 3 is 2.57 bits per heavy atom. The van der Waals surface area contributed by atoms with E-state index >= 15 is 0 Å². The summed E-state index contributed by atoms with van der Waals surface area (Å²) in [5.74, 6) is 2.61. The van der Waals surface area contributed by atoms with Crippen molar-refractivity contribution in [2.75, 3.05) is 37.6 Å². The van der Waals surface area contributed by atoms with Gasteiger partial charge in [0.1, 0.15) is 5.02 Å². The first-order valence-electron chi connectivity index (χ1n) is 8.67. The Bertz CT molecular complexity index is 943. The first-order chi connectivity index (χ1) is 13.3. The third kappa shape index (κ3) is 4.32. The lowest BCUT2D eigenvalue weighted by atomic mass is 10.2. The number of benzene rings is 1. The summed E-state index contributed by atoms with van der Waals surface area (Å²) in [6.45, 7) is 3.66. The van der Waals surface area contributed by atoms with Crippen LogP contribution in [0.25, 0.3) is 5.69 Å². The predicted octanol–water partition coefficient (Wildman–Crippen LogP) is 3.05. The molecule has 0 radical (unpaired) electrons. The maximum atomic E-state index is 12.9. The summed E-state index contributed by atoms with van der Waals surface area (Å²) in [7, 11) is 0. The fourth-order valence-corrected chi connectivity index (χ4v) is 3.33. The Kier molecular flexibility index (Phi) is 5.96. The number of hydrogen-bond donors (Lipinski definition) is 0. The molecular formula is C19H18ClF3N4O. The monoisotopic (exact) mass is 410 g/mol. The van der Waals surface area contributed by atoms with Crippen molar-refractivity contribution >= 4 is 17.3 Å². The molecule has 28 heavy (non-hydrogen) atoms. The van der Waals surface area contributed by atoms with E-state index in [1.165, 1.54) is 18.3 Å². The van der Waals surface area contributed by atoms with E-state index in [1.807, 2.05) is 4.90 Å². The topological polar surface area (TPSA) is 41.4 Å². The van der Waals surface area contributed by atoms with Gasteiger partial charge in [0.2, 0.25) is 0 Å². The highest BCUT2D eigenvalue weighted by atomic mass is 35.5. The molecule has 1 aliphatic heterocycles. The van der Waals surface area contributed by atoms with Crippen molar-refractivity contribution in [2.45, 2.75) is 12.6 Å². The van der Waals surface area contributed by atoms with Gasteiger partial charge in [-0.25, -0.2) is 0 Å². The zero-order valence-corrected chi connectivity index (χ0v) is 15.7. The Balaban J connectivity index is 1.83. The maximum absolute atomic E-state index is 12.9. The summed E-state index contributed by atoms with van der Waals surface area (Å²) in [6, 6.07) is 4.41. The first kappa shape index (κ1) is 20.2. The molecule has 1 aromatic heterocycles. The van der Waals surface area contributed by atoms with Gasteiger partial charge in [-0.15, -0.1) is 12.3 Å². The molecule has 0 atom stereocenters. The molecule has 2 aromatic rings. The molecule has 1 fully saturated rings. The quantitative estimate of drug-likeness (QED) is 0.726. The number of nitrogens with zero attached hydrogens (tertiary/aromatic N) is 4. The second kappa shape index (κ2) is 8.25. The average molecular weight is 411 g/mol. The molecule has 1 aromatic carbocycles. The molecule has 2 heterocycles. The van der Waals surface area contributed by atoms with Crippen LogP contribution in [0.15, 0.2) is 35.3 Å². The van der Waals surface area contributed by atoms with Crippen molar-refractivity contribution in [2.24, 2.45) is 0 Å². The van der Waals surface area contributed by atoms with Crippen LogP contribution in [-0.4, -0.2) is 47.4 Å². The molecule has 0 amide bonds. The zero-order chi connectivity index (χ0) is 20.3. The lowest BCUT2D eigenvalue weighted by Gasteiger charge is -2.35.